The van der Waals surface area contributed by atoms with Gasteiger partial charge in [-0.1, -0.05) is 107 Å². The van der Waals surface area contributed by atoms with E-state index in [-0.39, 0.29) is 77.4 Å². The standard InChI is InChI=1S/C26H31NO9S.C19H25NO9S.C17H23NO7S.C9H10O3.C7H7Br.C2H4O3/c1-26(2,3)36-25(30)27(37(4,31)32)21-13-12-20(14-22(21)33-15-19-10-11-19)24(29)35-17-23(28)34-16-18-8-6-5-7-9-18;1-19(2,3)29-18(24)20(30(4,25)26)14-8-7-13(17(23)28-11-16(21)22)9-15(14)27-10-12-5-6-12;1-17(2,3)25-16(21)18(26(4,22)23)13-8-7-12(15(19)20)9-14(13)24-10-11-5-6-11;10-6-9(11)12-7-8-4-2-1-3-5-8;8-6-7-4-2-1-3-5-7;3-1-2(4)5/h5-9,12-14,19H,10-11,15-17H2,1-4H3;7-9,12H,5-6,10-11H2,1-4H3,(H,21,22);7-9,11H,5-6,10H2,1-4H3,(H,19,20);1-5,10H,6-7H2;1-5H,6H2;3H,1H2,(H,4,5). The first kappa shape index (κ1) is 99.4. The van der Waals surface area contributed by atoms with Gasteiger partial charge >= 0.3 is 60.1 Å². The SMILES string of the molecule is BrCc1ccccc1.CC(C)(C)OC(=O)N(c1ccc(C(=O)O)cc1OCC1CC1)S(C)(=O)=O.CC(C)(C)OC(=O)N(c1ccc(C(=O)OCC(=O)O)cc1OCC1CC1)S(C)(=O)=O.CC(C)(C)OC(=O)N(c1ccc(C(=O)OCC(=O)OCc2ccccc2)cc1OCC1CC1)S(C)(=O)=O.O=C(CO)OCc1ccccc1.O=C(O)CO. The van der Waals surface area contributed by atoms with Crippen LogP contribution in [0.5, 0.6) is 17.2 Å². The summed E-state index contributed by atoms with van der Waals surface area (Å²) < 4.78 is 128. The monoisotopic (exact) mass is 1770 g/mol. The number of anilines is 3. The molecule has 3 fully saturated rings. The van der Waals surface area contributed by atoms with Crippen LogP contribution in [0.4, 0.5) is 31.4 Å². The van der Waals surface area contributed by atoms with E-state index in [1.54, 1.807) is 74.4 Å². The lowest BCUT2D eigenvalue weighted by molar-refractivity contribution is -0.149. The summed E-state index contributed by atoms with van der Waals surface area (Å²) in [7, 11) is -12.3. The molecule has 118 heavy (non-hydrogen) atoms. The number of nitrogens with zero attached hydrogens (tertiary/aromatic N) is 3. The minimum Gasteiger partial charge on any atom is -0.491 e. The fourth-order valence-corrected chi connectivity index (χ4v) is 11.8. The predicted octanol–water partition coefficient (Wildman–Crippen LogP) is 11.7. The lowest BCUT2D eigenvalue weighted by atomic mass is 10.2. The summed E-state index contributed by atoms with van der Waals surface area (Å²) in [6.45, 7) is 12.8. The Morgan fingerprint density at radius 1 is 0.390 bits per heavy atom. The number of alkyl halides is 1. The fraction of sp³-hybridized carbons (Fsp3) is 0.425. The Kier molecular flexibility index (Phi) is 39.0. The molecule has 0 radical (unpaired) electrons. The first-order chi connectivity index (χ1) is 55.0. The highest BCUT2D eigenvalue weighted by Gasteiger charge is 2.38. The molecule has 0 spiro atoms. The average Bonchev–Trinajstić information content (AvgIpc) is 1.79. The van der Waals surface area contributed by atoms with Gasteiger partial charge in [0.25, 0.3) is 0 Å². The molecule has 0 bridgehead atoms. The van der Waals surface area contributed by atoms with Crippen molar-refractivity contribution in [1.29, 1.82) is 0 Å². The Bertz CT molecular complexity index is 4730. The number of amides is 3. The molecule has 9 rings (SSSR count). The highest BCUT2D eigenvalue weighted by molar-refractivity contribution is 9.08. The molecule has 6 aromatic rings. The van der Waals surface area contributed by atoms with Crippen LogP contribution in [0.25, 0.3) is 0 Å². The molecule has 3 amide bonds. The zero-order valence-corrected chi connectivity index (χ0v) is 71.2. The van der Waals surface area contributed by atoms with Gasteiger partial charge in [-0.3, -0.25) is 0 Å². The van der Waals surface area contributed by atoms with E-state index in [0.29, 0.717) is 37.3 Å². The second kappa shape index (κ2) is 46.3. The molecule has 646 valence electrons. The summed E-state index contributed by atoms with van der Waals surface area (Å²) in [4.78, 5) is 116. The second-order valence-corrected chi connectivity index (χ2v) is 35.4. The van der Waals surface area contributed by atoms with Gasteiger partial charge in [-0.05, 0) is 190 Å². The Morgan fingerprint density at radius 3 is 0.932 bits per heavy atom. The lowest BCUT2D eigenvalue weighted by Crippen LogP contribution is -2.40. The topological polar surface area (TPSA) is 476 Å². The van der Waals surface area contributed by atoms with Crippen LogP contribution in [0.2, 0.25) is 0 Å². The summed E-state index contributed by atoms with van der Waals surface area (Å²) in [6, 6.07) is 39.7. The smallest absolute Gasteiger partial charge is 0.429 e. The molecule has 3 aliphatic rings. The number of carboxylic acids is 3. The number of carbonyl (C=O) groups excluding carboxylic acids is 7. The largest absolute Gasteiger partial charge is 0.491 e. The van der Waals surface area contributed by atoms with E-state index >= 15 is 0 Å². The first-order valence-corrected chi connectivity index (χ1v) is 42.9. The molecule has 0 aliphatic heterocycles. The maximum atomic E-state index is 12.8. The second-order valence-electron chi connectivity index (χ2n) is 29.3. The number of hydrogen-bond acceptors (Lipinski definition) is 28. The van der Waals surface area contributed by atoms with Crippen LogP contribution in [0.1, 0.15) is 149 Å². The Morgan fingerprint density at radius 2 is 0.678 bits per heavy atom. The number of hydrogen-bond donors (Lipinski definition) is 5. The van der Waals surface area contributed by atoms with Crippen molar-refractivity contribution in [1.82, 2.24) is 0 Å². The van der Waals surface area contributed by atoms with E-state index in [0.717, 1.165) is 73.7 Å². The van der Waals surface area contributed by atoms with Crippen molar-refractivity contribution in [2.45, 2.75) is 136 Å². The van der Waals surface area contributed by atoms with Crippen molar-refractivity contribution >= 4 is 123 Å². The minimum absolute atomic E-state index is 0.00282. The maximum absolute atomic E-state index is 12.8. The van der Waals surface area contributed by atoms with Crippen LogP contribution in [0.15, 0.2) is 146 Å². The molecule has 0 atom stereocenters. The molecule has 3 aliphatic carbocycles. The van der Waals surface area contributed by atoms with Gasteiger partial charge in [-0.15, -0.1) is 0 Å². The number of benzene rings is 6. The van der Waals surface area contributed by atoms with Crippen LogP contribution in [0, 0.1) is 17.8 Å². The van der Waals surface area contributed by atoms with Gasteiger partial charge in [-0.2, -0.15) is 12.9 Å². The first-order valence-electron chi connectivity index (χ1n) is 36.2. The van der Waals surface area contributed by atoms with Gasteiger partial charge in [0, 0.05) is 5.33 Å². The van der Waals surface area contributed by atoms with E-state index in [1.165, 1.54) is 60.2 Å². The van der Waals surface area contributed by atoms with Crippen molar-refractivity contribution in [2.75, 3.05) is 77.9 Å². The molecule has 5 N–H and O–H groups in total. The summed E-state index contributed by atoms with van der Waals surface area (Å²) >= 11 is 3.36. The van der Waals surface area contributed by atoms with Gasteiger partial charge in [-0.25, -0.2) is 73.2 Å². The van der Waals surface area contributed by atoms with Gasteiger partial charge in [0.15, 0.2) is 13.2 Å². The minimum atomic E-state index is -4.12. The molecular weight excluding hydrogens is 1670 g/mol. The molecule has 0 aromatic heterocycles. The predicted molar refractivity (Wildman–Crippen MR) is 433 cm³/mol. The number of esters is 4. The number of aliphatic carboxylic acids is 2. The van der Waals surface area contributed by atoms with Crippen LogP contribution < -0.4 is 27.1 Å². The quantitative estimate of drug-likeness (QED) is 0.0165. The summed E-state index contributed by atoms with van der Waals surface area (Å²) in [5.74, 6) is -5.88. The highest BCUT2D eigenvalue weighted by Crippen LogP contribution is 2.40. The van der Waals surface area contributed by atoms with Crippen molar-refractivity contribution in [3.05, 3.63) is 179 Å². The number of aliphatic hydroxyl groups is 2. The zero-order valence-electron chi connectivity index (χ0n) is 67.2. The Balaban J connectivity index is 0.000000326. The zero-order chi connectivity index (χ0) is 88.5. The third-order valence-corrected chi connectivity index (χ3v) is 18.5. The number of ether oxygens (including phenoxy) is 10. The summed E-state index contributed by atoms with van der Waals surface area (Å²) in [5, 5.41) is 42.1. The molecule has 3 saturated carbocycles. The van der Waals surface area contributed by atoms with E-state index < -0.39 is 133 Å². The summed E-state index contributed by atoms with van der Waals surface area (Å²) in [5.41, 5.74) is -0.198. The van der Waals surface area contributed by atoms with Crippen molar-refractivity contribution in [3.63, 3.8) is 0 Å². The molecular formula is C80H100BrN3O31S3. The van der Waals surface area contributed by atoms with Crippen molar-refractivity contribution in [3.8, 4) is 17.2 Å². The van der Waals surface area contributed by atoms with E-state index in [9.17, 15) is 73.5 Å². The normalized spacial score (nSPS) is 12.9. The van der Waals surface area contributed by atoms with Crippen molar-refractivity contribution < 1.29 is 146 Å². The van der Waals surface area contributed by atoms with Gasteiger partial charge in [0.05, 0.1) is 55.3 Å². The van der Waals surface area contributed by atoms with Crippen LogP contribution in [-0.2, 0) is 101 Å². The fourth-order valence-electron chi connectivity index (χ4n) is 8.95. The number of aliphatic hydroxyl groups excluding tert-OH is 2. The average molecular weight is 1780 g/mol. The molecule has 34 nitrogen and oxygen atoms in total. The number of carboxylic acid groups (broad SMARTS) is 3. The number of halogens is 1. The van der Waals surface area contributed by atoms with E-state index in [1.807, 2.05) is 66.7 Å². The summed E-state index contributed by atoms with van der Waals surface area (Å²) in [6.07, 6.45) is 5.09. The number of sulfonamides is 3. The number of carbonyl (C=O) groups is 10. The van der Waals surface area contributed by atoms with Gasteiger partial charge in [0.2, 0.25) is 30.1 Å². The Hall–Kier alpha value is -10.9. The Labute approximate surface area is 693 Å². The lowest BCUT2D eigenvalue weighted by Gasteiger charge is -2.27. The third kappa shape index (κ3) is 38.9. The molecule has 0 saturated heterocycles. The molecule has 0 heterocycles. The van der Waals surface area contributed by atoms with Crippen LogP contribution >= 0.6 is 15.9 Å². The van der Waals surface area contributed by atoms with Crippen LogP contribution in [0.3, 0.4) is 0 Å². The molecule has 0 unspecified atom stereocenters. The van der Waals surface area contributed by atoms with Crippen LogP contribution in [-0.4, -0.2) is 193 Å². The number of rotatable bonds is 29. The van der Waals surface area contributed by atoms with E-state index in [4.69, 9.17) is 63.1 Å². The maximum Gasteiger partial charge on any atom is 0.429 e. The number of aromatic carboxylic acids is 1. The van der Waals surface area contributed by atoms with E-state index in [2.05, 4.69) is 37.5 Å². The molecule has 6 aromatic carbocycles. The molecule has 38 heteroatoms. The van der Waals surface area contributed by atoms with Gasteiger partial charge < -0.3 is 72.9 Å². The third-order valence-electron chi connectivity index (χ3n) is 14.8. The highest BCUT2D eigenvalue weighted by atomic mass is 79.9. The van der Waals surface area contributed by atoms with Gasteiger partial charge in [0.1, 0.15) is 77.5 Å². The van der Waals surface area contributed by atoms with Crippen molar-refractivity contribution in [2.24, 2.45) is 17.8 Å².